The number of nitrogens with one attached hydrogen (secondary N) is 1. The van der Waals surface area contributed by atoms with Crippen molar-refractivity contribution < 1.29 is 9.59 Å². The Morgan fingerprint density at radius 2 is 1.93 bits per heavy atom. The van der Waals surface area contributed by atoms with Gasteiger partial charge in [-0.15, -0.1) is 0 Å². The first-order valence-corrected chi connectivity index (χ1v) is 11.4. The zero-order valence-corrected chi connectivity index (χ0v) is 17.8. The van der Waals surface area contributed by atoms with Crippen LogP contribution in [0.2, 0.25) is 5.02 Å². The number of hydrogen-bond acceptors (Lipinski definition) is 2. The molecule has 1 unspecified atom stereocenters. The van der Waals surface area contributed by atoms with E-state index in [0.717, 1.165) is 57.2 Å². The Hall–Kier alpha value is -1.81. The van der Waals surface area contributed by atoms with Crippen LogP contribution in [0.25, 0.3) is 0 Å². The average Bonchev–Trinajstić information content (AvgIpc) is 3.55. The van der Waals surface area contributed by atoms with Crippen LogP contribution in [0, 0.1) is 5.92 Å². The lowest BCUT2D eigenvalue weighted by Crippen LogP contribution is -2.45. The van der Waals surface area contributed by atoms with Gasteiger partial charge >= 0.3 is 0 Å². The number of carbonyl (C=O) groups is 2. The first-order chi connectivity index (χ1) is 14.1. The second kappa shape index (κ2) is 8.91. The van der Waals surface area contributed by atoms with E-state index < -0.39 is 0 Å². The SMILES string of the molecule is O=C(CC1=CCCCC1)N1CCCC(CNC(=O)C2(c3ccc(Cl)cc3)CC2)C1. The van der Waals surface area contributed by atoms with E-state index in [9.17, 15) is 9.59 Å². The minimum Gasteiger partial charge on any atom is -0.355 e. The normalized spacial score (nSPS) is 23.3. The number of hydrogen-bond donors (Lipinski definition) is 1. The van der Waals surface area contributed by atoms with Crippen molar-refractivity contribution in [1.82, 2.24) is 10.2 Å². The Morgan fingerprint density at radius 3 is 2.62 bits per heavy atom. The number of rotatable bonds is 6. The van der Waals surface area contributed by atoms with Crippen LogP contribution in [0.5, 0.6) is 0 Å². The number of amides is 2. The molecule has 1 saturated heterocycles. The van der Waals surface area contributed by atoms with Gasteiger partial charge in [-0.25, -0.2) is 0 Å². The van der Waals surface area contributed by atoms with Crippen molar-refractivity contribution in [2.75, 3.05) is 19.6 Å². The molecule has 5 heteroatoms. The molecular formula is C24H31ClN2O2. The first-order valence-electron chi connectivity index (χ1n) is 11.1. The summed E-state index contributed by atoms with van der Waals surface area (Å²) in [4.78, 5) is 27.6. The predicted octanol–water partition coefficient (Wildman–Crippen LogP) is 4.62. The van der Waals surface area contributed by atoms with Crippen molar-refractivity contribution in [2.45, 2.75) is 63.2 Å². The molecule has 29 heavy (non-hydrogen) atoms. The molecule has 156 valence electrons. The molecule has 0 radical (unpaired) electrons. The number of nitrogens with zero attached hydrogens (tertiary/aromatic N) is 1. The standard InChI is InChI=1S/C24H31ClN2O2/c25-21-10-8-20(9-11-21)24(12-13-24)23(29)26-16-19-7-4-14-27(17-19)22(28)15-18-5-2-1-3-6-18/h5,8-11,19H,1-4,6-7,12-17H2,(H,26,29). The molecule has 1 aliphatic heterocycles. The fraction of sp³-hybridized carbons (Fsp3) is 0.583. The molecule has 1 N–H and O–H groups in total. The molecule has 4 rings (SSSR count). The summed E-state index contributed by atoms with van der Waals surface area (Å²) in [6, 6.07) is 7.65. The third-order valence-corrected chi connectivity index (χ3v) is 7.02. The van der Waals surface area contributed by atoms with Gasteiger partial charge in [-0.1, -0.05) is 35.4 Å². The van der Waals surface area contributed by atoms with Crippen LogP contribution in [0.3, 0.4) is 0 Å². The monoisotopic (exact) mass is 414 g/mol. The van der Waals surface area contributed by atoms with E-state index in [4.69, 9.17) is 11.6 Å². The van der Waals surface area contributed by atoms with Gasteiger partial charge in [0.25, 0.3) is 0 Å². The van der Waals surface area contributed by atoms with E-state index >= 15 is 0 Å². The molecule has 3 aliphatic rings. The third kappa shape index (κ3) is 4.85. The lowest BCUT2D eigenvalue weighted by atomic mass is 9.93. The smallest absolute Gasteiger partial charge is 0.230 e. The van der Waals surface area contributed by atoms with Crippen molar-refractivity contribution in [1.29, 1.82) is 0 Å². The van der Waals surface area contributed by atoms with Crippen LogP contribution in [-0.4, -0.2) is 36.3 Å². The van der Waals surface area contributed by atoms with Crippen molar-refractivity contribution in [2.24, 2.45) is 5.92 Å². The minimum atomic E-state index is -0.373. The maximum Gasteiger partial charge on any atom is 0.230 e. The Bertz CT molecular complexity index is 783. The van der Waals surface area contributed by atoms with Crippen molar-refractivity contribution in [3.05, 3.63) is 46.5 Å². The van der Waals surface area contributed by atoms with Crippen molar-refractivity contribution >= 4 is 23.4 Å². The quantitative estimate of drug-likeness (QED) is 0.690. The summed E-state index contributed by atoms with van der Waals surface area (Å²) in [6.45, 7) is 2.27. The van der Waals surface area contributed by atoms with Crippen LogP contribution in [-0.2, 0) is 15.0 Å². The number of piperidine rings is 1. The van der Waals surface area contributed by atoms with E-state index in [1.54, 1.807) is 0 Å². The van der Waals surface area contributed by atoms with Gasteiger partial charge in [0, 0.05) is 31.1 Å². The zero-order chi connectivity index (χ0) is 20.3. The Labute approximate surface area is 178 Å². The van der Waals surface area contributed by atoms with Gasteiger partial charge in [-0.3, -0.25) is 9.59 Å². The molecule has 1 atom stereocenters. The molecule has 0 aromatic heterocycles. The number of halogens is 1. The van der Waals surface area contributed by atoms with Crippen LogP contribution in [0.1, 0.15) is 63.4 Å². The Morgan fingerprint density at radius 1 is 1.14 bits per heavy atom. The zero-order valence-electron chi connectivity index (χ0n) is 17.1. The van der Waals surface area contributed by atoms with Gasteiger partial charge in [0.15, 0.2) is 0 Å². The number of benzene rings is 1. The largest absolute Gasteiger partial charge is 0.355 e. The molecule has 0 spiro atoms. The van der Waals surface area contributed by atoms with Crippen LogP contribution >= 0.6 is 11.6 Å². The van der Waals surface area contributed by atoms with Gasteiger partial charge in [0.1, 0.15) is 0 Å². The molecular weight excluding hydrogens is 384 g/mol. The van der Waals surface area contributed by atoms with E-state index in [0.29, 0.717) is 23.9 Å². The molecule has 1 aromatic carbocycles. The second-order valence-electron chi connectivity index (χ2n) is 8.93. The molecule has 4 nitrogen and oxygen atoms in total. The van der Waals surface area contributed by atoms with Gasteiger partial charge in [0.2, 0.25) is 11.8 Å². The van der Waals surface area contributed by atoms with Crippen LogP contribution in [0.4, 0.5) is 0 Å². The Balaban J connectivity index is 1.28. The molecule has 1 saturated carbocycles. The highest BCUT2D eigenvalue weighted by Gasteiger charge is 2.51. The lowest BCUT2D eigenvalue weighted by Gasteiger charge is -2.33. The summed E-state index contributed by atoms with van der Waals surface area (Å²) < 4.78 is 0. The summed E-state index contributed by atoms with van der Waals surface area (Å²) in [5.74, 6) is 0.725. The summed E-state index contributed by atoms with van der Waals surface area (Å²) in [6.07, 6.45) is 11.4. The molecule has 1 heterocycles. The molecule has 0 bridgehead atoms. The van der Waals surface area contributed by atoms with Crippen molar-refractivity contribution in [3.8, 4) is 0 Å². The fourth-order valence-electron chi connectivity index (χ4n) is 4.78. The highest BCUT2D eigenvalue weighted by Crippen LogP contribution is 2.48. The lowest BCUT2D eigenvalue weighted by molar-refractivity contribution is -0.132. The molecule has 2 amide bonds. The van der Waals surface area contributed by atoms with Gasteiger partial charge in [0.05, 0.1) is 5.41 Å². The highest BCUT2D eigenvalue weighted by molar-refractivity contribution is 6.30. The summed E-state index contributed by atoms with van der Waals surface area (Å²) in [7, 11) is 0. The summed E-state index contributed by atoms with van der Waals surface area (Å²) in [5.41, 5.74) is 2.00. The van der Waals surface area contributed by atoms with E-state index in [1.165, 1.54) is 18.4 Å². The third-order valence-electron chi connectivity index (χ3n) is 6.77. The molecule has 2 aliphatic carbocycles. The fourth-order valence-corrected chi connectivity index (χ4v) is 4.90. The van der Waals surface area contributed by atoms with Crippen LogP contribution in [0.15, 0.2) is 35.9 Å². The molecule has 2 fully saturated rings. The van der Waals surface area contributed by atoms with Crippen molar-refractivity contribution in [3.63, 3.8) is 0 Å². The first kappa shape index (κ1) is 20.5. The minimum absolute atomic E-state index is 0.121. The molecule has 1 aromatic rings. The maximum absolute atomic E-state index is 12.9. The van der Waals surface area contributed by atoms with Gasteiger partial charge in [-0.05, 0) is 75.0 Å². The predicted molar refractivity (Wildman–Crippen MR) is 116 cm³/mol. The van der Waals surface area contributed by atoms with E-state index in [-0.39, 0.29) is 17.2 Å². The maximum atomic E-state index is 12.9. The summed E-state index contributed by atoms with van der Waals surface area (Å²) >= 11 is 5.99. The summed E-state index contributed by atoms with van der Waals surface area (Å²) in [5, 5.41) is 3.88. The van der Waals surface area contributed by atoms with Gasteiger partial charge < -0.3 is 10.2 Å². The highest BCUT2D eigenvalue weighted by atomic mass is 35.5. The van der Waals surface area contributed by atoms with E-state index in [1.807, 2.05) is 29.2 Å². The van der Waals surface area contributed by atoms with Crippen LogP contribution < -0.4 is 5.32 Å². The van der Waals surface area contributed by atoms with E-state index in [2.05, 4.69) is 11.4 Å². The topological polar surface area (TPSA) is 49.4 Å². The Kier molecular flexibility index (Phi) is 6.29. The average molecular weight is 415 g/mol. The number of carbonyl (C=O) groups excluding carboxylic acids is 2. The number of likely N-dealkylation sites (tertiary alicyclic amines) is 1. The number of allylic oxidation sites excluding steroid dienone is 1. The second-order valence-corrected chi connectivity index (χ2v) is 9.37. The van der Waals surface area contributed by atoms with Gasteiger partial charge in [-0.2, -0.15) is 0 Å².